The quantitative estimate of drug-likeness (QED) is 0.900. The van der Waals surface area contributed by atoms with E-state index in [0.29, 0.717) is 0 Å². The van der Waals surface area contributed by atoms with Gasteiger partial charge in [-0.2, -0.15) is 0 Å². The maximum absolute atomic E-state index is 5.48. The van der Waals surface area contributed by atoms with E-state index in [9.17, 15) is 0 Å². The van der Waals surface area contributed by atoms with Gasteiger partial charge in [0.1, 0.15) is 0 Å². The van der Waals surface area contributed by atoms with Crippen molar-refractivity contribution in [1.82, 2.24) is 10.2 Å². The molecule has 3 nitrogen and oxygen atoms in total. The molecule has 2 saturated heterocycles. The van der Waals surface area contributed by atoms with Crippen molar-refractivity contribution in [1.29, 1.82) is 0 Å². The highest BCUT2D eigenvalue weighted by Gasteiger charge is 2.44. The van der Waals surface area contributed by atoms with E-state index in [2.05, 4.69) is 50.4 Å². The van der Waals surface area contributed by atoms with Gasteiger partial charge in [-0.15, -0.1) is 0 Å². The third-order valence-corrected chi connectivity index (χ3v) is 4.74. The fourth-order valence-electron chi connectivity index (χ4n) is 2.97. The van der Waals surface area contributed by atoms with Gasteiger partial charge < -0.3 is 10.1 Å². The van der Waals surface area contributed by atoms with Crippen LogP contribution in [0.1, 0.15) is 18.4 Å². The van der Waals surface area contributed by atoms with Gasteiger partial charge in [-0.05, 0) is 43.6 Å². The minimum atomic E-state index is 0.270. The number of rotatable bonds is 5. The lowest BCUT2D eigenvalue weighted by molar-refractivity contribution is -0.131. The van der Waals surface area contributed by atoms with E-state index in [0.717, 1.165) is 30.8 Å². The minimum Gasteiger partial charge on any atom is -0.377 e. The molecule has 0 saturated carbocycles. The van der Waals surface area contributed by atoms with Crippen LogP contribution in [0.25, 0.3) is 0 Å². The van der Waals surface area contributed by atoms with Crippen LogP contribution >= 0.6 is 15.9 Å². The fourth-order valence-corrected chi connectivity index (χ4v) is 3.23. The van der Waals surface area contributed by atoms with Crippen molar-refractivity contribution in [2.24, 2.45) is 0 Å². The molecule has 104 valence electrons. The molecule has 1 aromatic rings. The molecule has 2 aliphatic rings. The summed E-state index contributed by atoms with van der Waals surface area (Å²) in [5.74, 6) is 0. The molecule has 1 N–H and O–H groups in total. The average molecular weight is 325 g/mol. The Bertz CT molecular complexity index is 411. The van der Waals surface area contributed by atoms with Gasteiger partial charge >= 0.3 is 0 Å². The summed E-state index contributed by atoms with van der Waals surface area (Å²) in [6.45, 7) is 6.22. The van der Waals surface area contributed by atoms with Gasteiger partial charge in [-0.3, -0.25) is 4.90 Å². The van der Waals surface area contributed by atoms with Crippen LogP contribution in [0.15, 0.2) is 28.7 Å². The Balaban J connectivity index is 1.51. The number of halogens is 1. The maximum Gasteiger partial charge on any atom is 0.0804 e. The molecule has 0 aromatic heterocycles. The molecule has 2 heterocycles. The van der Waals surface area contributed by atoms with Crippen LogP contribution in [0.3, 0.4) is 0 Å². The zero-order chi connectivity index (χ0) is 13.1. The van der Waals surface area contributed by atoms with Gasteiger partial charge in [0.25, 0.3) is 0 Å². The number of likely N-dealkylation sites (tertiary alicyclic amines) is 1. The third kappa shape index (κ3) is 3.02. The zero-order valence-electron chi connectivity index (χ0n) is 11.2. The molecule has 2 aliphatic heterocycles. The van der Waals surface area contributed by atoms with Crippen molar-refractivity contribution in [3.63, 3.8) is 0 Å². The van der Waals surface area contributed by atoms with Gasteiger partial charge in [-0.1, -0.05) is 28.1 Å². The Morgan fingerprint density at radius 2 is 1.84 bits per heavy atom. The Morgan fingerprint density at radius 1 is 1.16 bits per heavy atom. The predicted octanol–water partition coefficient (Wildman–Crippen LogP) is 2.40. The van der Waals surface area contributed by atoms with Crippen LogP contribution in [0.4, 0.5) is 0 Å². The minimum absolute atomic E-state index is 0.270. The first-order valence-electron chi connectivity index (χ1n) is 7.07. The molecule has 0 unspecified atom stereocenters. The van der Waals surface area contributed by atoms with Crippen molar-refractivity contribution in [3.05, 3.63) is 34.3 Å². The van der Waals surface area contributed by atoms with Crippen molar-refractivity contribution in [2.45, 2.75) is 24.9 Å². The summed E-state index contributed by atoms with van der Waals surface area (Å²) in [5, 5.41) is 3.60. The molecule has 1 aromatic carbocycles. The van der Waals surface area contributed by atoms with Crippen LogP contribution in [0.2, 0.25) is 0 Å². The third-order valence-electron chi connectivity index (χ3n) is 4.21. The van der Waals surface area contributed by atoms with Gasteiger partial charge in [0.05, 0.1) is 18.8 Å². The van der Waals surface area contributed by atoms with Crippen LogP contribution < -0.4 is 5.32 Å². The van der Waals surface area contributed by atoms with Crippen LogP contribution in [-0.4, -0.2) is 43.3 Å². The van der Waals surface area contributed by atoms with Gasteiger partial charge in [0.2, 0.25) is 0 Å². The Kier molecular flexibility index (Phi) is 4.22. The highest BCUT2D eigenvalue weighted by atomic mass is 79.9. The standard InChI is InChI=1S/C15H21BrN2O/c16-14-5-3-13(4-6-14)9-17-10-15(11-19-12-15)18-7-1-2-8-18/h3-6,17H,1-2,7-12H2. The number of hydrogen-bond acceptors (Lipinski definition) is 3. The average Bonchev–Trinajstić information content (AvgIpc) is 2.89. The number of ether oxygens (including phenoxy) is 1. The Hall–Kier alpha value is -0.420. The first-order valence-corrected chi connectivity index (χ1v) is 7.86. The highest BCUT2D eigenvalue weighted by molar-refractivity contribution is 9.10. The first kappa shape index (κ1) is 13.6. The van der Waals surface area contributed by atoms with E-state index in [-0.39, 0.29) is 5.54 Å². The van der Waals surface area contributed by atoms with E-state index < -0.39 is 0 Å². The summed E-state index contributed by atoms with van der Waals surface area (Å²) in [5.41, 5.74) is 1.60. The van der Waals surface area contributed by atoms with Crippen molar-refractivity contribution < 1.29 is 4.74 Å². The monoisotopic (exact) mass is 324 g/mol. The van der Waals surface area contributed by atoms with E-state index in [1.165, 1.54) is 31.5 Å². The molecule has 0 amide bonds. The van der Waals surface area contributed by atoms with E-state index in [1.807, 2.05) is 0 Å². The molecule has 2 fully saturated rings. The second-order valence-corrected chi connectivity index (χ2v) is 6.56. The molecule has 19 heavy (non-hydrogen) atoms. The van der Waals surface area contributed by atoms with Gasteiger partial charge in [0.15, 0.2) is 0 Å². The molecule has 0 spiro atoms. The van der Waals surface area contributed by atoms with Crippen molar-refractivity contribution in [2.75, 3.05) is 32.8 Å². The molecule has 0 aliphatic carbocycles. The topological polar surface area (TPSA) is 24.5 Å². The Labute approximate surface area is 123 Å². The Morgan fingerprint density at radius 3 is 2.42 bits per heavy atom. The van der Waals surface area contributed by atoms with Crippen LogP contribution in [-0.2, 0) is 11.3 Å². The lowest BCUT2D eigenvalue weighted by atomic mass is 9.95. The number of nitrogens with one attached hydrogen (secondary N) is 1. The van der Waals surface area contributed by atoms with Gasteiger partial charge in [0, 0.05) is 17.6 Å². The molecule has 3 rings (SSSR count). The second-order valence-electron chi connectivity index (χ2n) is 5.64. The largest absolute Gasteiger partial charge is 0.377 e. The lowest BCUT2D eigenvalue weighted by Gasteiger charge is -2.48. The summed E-state index contributed by atoms with van der Waals surface area (Å²) < 4.78 is 6.62. The van der Waals surface area contributed by atoms with E-state index in [1.54, 1.807) is 0 Å². The van der Waals surface area contributed by atoms with E-state index in [4.69, 9.17) is 4.74 Å². The first-order chi connectivity index (χ1) is 9.28. The van der Waals surface area contributed by atoms with Crippen molar-refractivity contribution in [3.8, 4) is 0 Å². The summed E-state index contributed by atoms with van der Waals surface area (Å²) in [6, 6.07) is 8.52. The molecule has 0 bridgehead atoms. The normalized spacial score (nSPS) is 22.4. The van der Waals surface area contributed by atoms with Crippen LogP contribution in [0, 0.1) is 0 Å². The molecule has 4 heteroatoms. The summed E-state index contributed by atoms with van der Waals surface area (Å²) in [7, 11) is 0. The molecular weight excluding hydrogens is 304 g/mol. The highest BCUT2D eigenvalue weighted by Crippen LogP contribution is 2.28. The van der Waals surface area contributed by atoms with Crippen molar-refractivity contribution >= 4 is 15.9 Å². The summed E-state index contributed by atoms with van der Waals surface area (Å²) in [6.07, 6.45) is 2.68. The maximum atomic E-state index is 5.48. The number of benzene rings is 1. The predicted molar refractivity (Wildman–Crippen MR) is 80.2 cm³/mol. The van der Waals surface area contributed by atoms with E-state index >= 15 is 0 Å². The lowest BCUT2D eigenvalue weighted by Crippen LogP contribution is -2.66. The second kappa shape index (κ2) is 5.92. The van der Waals surface area contributed by atoms with Crippen LogP contribution in [0.5, 0.6) is 0 Å². The molecule has 0 radical (unpaired) electrons. The number of nitrogens with zero attached hydrogens (tertiary/aromatic N) is 1. The molecular formula is C15H21BrN2O. The van der Waals surface area contributed by atoms with Gasteiger partial charge in [-0.25, -0.2) is 0 Å². The summed E-state index contributed by atoms with van der Waals surface area (Å²) in [4.78, 5) is 2.62. The fraction of sp³-hybridized carbons (Fsp3) is 0.600. The smallest absolute Gasteiger partial charge is 0.0804 e. The molecule has 0 atom stereocenters. The SMILES string of the molecule is Brc1ccc(CNCC2(N3CCCC3)COC2)cc1. The summed E-state index contributed by atoms with van der Waals surface area (Å²) >= 11 is 3.47. The number of hydrogen-bond donors (Lipinski definition) is 1. The zero-order valence-corrected chi connectivity index (χ0v) is 12.8.